The van der Waals surface area contributed by atoms with E-state index in [2.05, 4.69) is 0 Å². The standard InChI is InChI=1S/C10H20O6Si2/c1-17(2)10(6(12)5-11)8(16-18(3)4)7(13)9(14)15-10/h6,11-13,17-18H,5H2,1-4H3/t6-,10-/m0/s1. The molecule has 18 heavy (non-hydrogen) atoms. The molecule has 0 unspecified atom stereocenters. The Labute approximate surface area is 109 Å². The minimum absolute atomic E-state index is 0.0115. The first-order valence-corrected chi connectivity index (χ1v) is 11.6. The van der Waals surface area contributed by atoms with Crippen molar-refractivity contribution in [1.82, 2.24) is 0 Å². The van der Waals surface area contributed by atoms with Crippen LogP contribution in [0.25, 0.3) is 0 Å². The minimum Gasteiger partial charge on any atom is -0.545 e. The van der Waals surface area contributed by atoms with Gasteiger partial charge in [0, 0.05) is 0 Å². The molecule has 8 heteroatoms. The fraction of sp³-hybridized carbons (Fsp3) is 0.700. The Morgan fingerprint density at radius 2 is 1.94 bits per heavy atom. The van der Waals surface area contributed by atoms with Crippen molar-refractivity contribution in [3.05, 3.63) is 11.5 Å². The second-order valence-electron chi connectivity index (χ2n) is 4.88. The van der Waals surface area contributed by atoms with Gasteiger partial charge in [-0.25, -0.2) is 4.79 Å². The fourth-order valence-electron chi connectivity index (χ4n) is 2.03. The van der Waals surface area contributed by atoms with Gasteiger partial charge >= 0.3 is 5.97 Å². The van der Waals surface area contributed by atoms with Gasteiger partial charge in [0.1, 0.15) is 6.10 Å². The zero-order chi connectivity index (χ0) is 14.1. The third-order valence-electron chi connectivity index (χ3n) is 2.90. The molecule has 0 radical (unpaired) electrons. The largest absolute Gasteiger partial charge is 0.545 e. The number of cyclic esters (lactones) is 1. The van der Waals surface area contributed by atoms with Gasteiger partial charge in [0.05, 0.1) is 15.4 Å². The molecule has 0 aliphatic carbocycles. The number of esters is 1. The quantitative estimate of drug-likeness (QED) is 0.464. The second-order valence-corrected chi connectivity index (χ2v) is 10.4. The van der Waals surface area contributed by atoms with Gasteiger partial charge in [-0.1, -0.05) is 13.1 Å². The molecule has 0 fully saturated rings. The van der Waals surface area contributed by atoms with Crippen LogP contribution >= 0.6 is 0 Å². The van der Waals surface area contributed by atoms with Crippen molar-refractivity contribution >= 4 is 23.8 Å². The van der Waals surface area contributed by atoms with E-state index in [1.807, 2.05) is 26.2 Å². The molecule has 0 amide bonds. The molecule has 0 spiro atoms. The maximum absolute atomic E-state index is 11.5. The van der Waals surface area contributed by atoms with Crippen LogP contribution in [0.3, 0.4) is 0 Å². The van der Waals surface area contributed by atoms with E-state index in [-0.39, 0.29) is 5.76 Å². The molecule has 0 bridgehead atoms. The summed E-state index contributed by atoms with van der Waals surface area (Å²) in [4.78, 5) is 11.5. The van der Waals surface area contributed by atoms with Crippen molar-refractivity contribution in [2.45, 2.75) is 37.5 Å². The molecule has 0 aromatic heterocycles. The molecule has 1 aliphatic heterocycles. The van der Waals surface area contributed by atoms with E-state index in [0.717, 1.165) is 0 Å². The molecule has 1 rings (SSSR count). The lowest BCUT2D eigenvalue weighted by molar-refractivity contribution is -0.152. The van der Waals surface area contributed by atoms with Crippen molar-refractivity contribution in [2.75, 3.05) is 6.61 Å². The third-order valence-corrected chi connectivity index (χ3v) is 6.09. The van der Waals surface area contributed by atoms with Crippen LogP contribution in [0.15, 0.2) is 11.5 Å². The number of hydrogen-bond donors (Lipinski definition) is 3. The zero-order valence-corrected chi connectivity index (χ0v) is 13.3. The Balaban J connectivity index is 3.29. The lowest BCUT2D eigenvalue weighted by atomic mass is 10.1. The van der Waals surface area contributed by atoms with Gasteiger partial charge in [-0.3, -0.25) is 0 Å². The minimum atomic E-state index is -1.80. The molecule has 0 aromatic rings. The SMILES string of the molecule is C[SiH](C)OC1=C(O)C(=O)O[C@@]1([C@@H](O)CO)[SiH](C)C. The summed E-state index contributed by atoms with van der Waals surface area (Å²) in [5, 5.41) is 27.6. The van der Waals surface area contributed by atoms with Crippen LogP contribution in [-0.4, -0.2) is 57.1 Å². The number of aliphatic hydroxyl groups is 3. The van der Waals surface area contributed by atoms with Crippen LogP contribution in [0.2, 0.25) is 26.2 Å². The number of carbonyl (C=O) groups excluding carboxylic acids is 1. The Hall–Kier alpha value is -0.836. The van der Waals surface area contributed by atoms with Crippen molar-refractivity contribution < 1.29 is 29.3 Å². The van der Waals surface area contributed by atoms with Gasteiger partial charge in [0.2, 0.25) is 14.8 Å². The van der Waals surface area contributed by atoms with Gasteiger partial charge in [0.25, 0.3) is 0 Å². The molecular weight excluding hydrogens is 272 g/mol. The summed E-state index contributed by atoms with van der Waals surface area (Å²) < 4.78 is 10.8. The number of aliphatic hydroxyl groups excluding tert-OH is 3. The molecule has 2 atom stereocenters. The van der Waals surface area contributed by atoms with Gasteiger partial charge in [-0.05, 0) is 13.1 Å². The van der Waals surface area contributed by atoms with Crippen LogP contribution in [0.1, 0.15) is 0 Å². The van der Waals surface area contributed by atoms with E-state index < -0.39 is 47.5 Å². The summed E-state index contributed by atoms with van der Waals surface area (Å²) >= 11 is 0. The summed E-state index contributed by atoms with van der Waals surface area (Å²) in [6.07, 6.45) is -1.28. The van der Waals surface area contributed by atoms with E-state index in [9.17, 15) is 15.0 Å². The van der Waals surface area contributed by atoms with Crippen molar-refractivity contribution in [3.63, 3.8) is 0 Å². The lowest BCUT2D eigenvalue weighted by Crippen LogP contribution is -2.56. The second kappa shape index (κ2) is 5.43. The Morgan fingerprint density at radius 1 is 1.39 bits per heavy atom. The van der Waals surface area contributed by atoms with Crippen molar-refractivity contribution in [1.29, 1.82) is 0 Å². The first-order chi connectivity index (χ1) is 8.27. The first kappa shape index (κ1) is 15.2. The maximum Gasteiger partial charge on any atom is 0.377 e. The molecular formula is C10H20O6Si2. The van der Waals surface area contributed by atoms with Crippen LogP contribution < -0.4 is 0 Å². The van der Waals surface area contributed by atoms with Gasteiger partial charge < -0.3 is 24.5 Å². The monoisotopic (exact) mass is 292 g/mol. The van der Waals surface area contributed by atoms with Crippen LogP contribution in [-0.2, 0) is 14.0 Å². The van der Waals surface area contributed by atoms with Gasteiger partial charge in [-0.15, -0.1) is 0 Å². The summed E-state index contributed by atoms with van der Waals surface area (Å²) in [6.45, 7) is 6.91. The number of hydrogen-bond acceptors (Lipinski definition) is 6. The predicted molar refractivity (Wildman–Crippen MR) is 70.4 cm³/mol. The molecule has 1 aliphatic rings. The zero-order valence-electron chi connectivity index (χ0n) is 11.0. The maximum atomic E-state index is 11.5. The average Bonchev–Trinajstić information content (AvgIpc) is 2.53. The molecule has 1 heterocycles. The topological polar surface area (TPSA) is 96.2 Å². The van der Waals surface area contributed by atoms with Gasteiger partial charge in [0.15, 0.2) is 11.0 Å². The number of carbonyl (C=O) groups is 1. The van der Waals surface area contributed by atoms with Gasteiger partial charge in [-0.2, -0.15) is 0 Å². The van der Waals surface area contributed by atoms with Crippen LogP contribution in [0.5, 0.6) is 0 Å². The van der Waals surface area contributed by atoms with E-state index in [4.69, 9.17) is 14.3 Å². The van der Waals surface area contributed by atoms with Crippen LogP contribution in [0, 0.1) is 0 Å². The fourth-order valence-corrected chi connectivity index (χ4v) is 4.88. The summed E-state index contributed by atoms with van der Waals surface area (Å²) in [5.74, 6) is -1.46. The van der Waals surface area contributed by atoms with E-state index in [1.165, 1.54) is 0 Å². The lowest BCUT2D eigenvalue weighted by Gasteiger charge is -2.37. The van der Waals surface area contributed by atoms with Crippen molar-refractivity contribution in [3.8, 4) is 0 Å². The highest BCUT2D eigenvalue weighted by Gasteiger charge is 2.57. The Morgan fingerprint density at radius 3 is 2.33 bits per heavy atom. The Bertz CT molecular complexity index is 367. The Kier molecular flexibility index (Phi) is 4.59. The molecule has 3 N–H and O–H groups in total. The van der Waals surface area contributed by atoms with Crippen LogP contribution in [0.4, 0.5) is 0 Å². The highest BCUT2D eigenvalue weighted by Crippen LogP contribution is 2.38. The predicted octanol–water partition coefficient (Wildman–Crippen LogP) is -0.569. The molecule has 0 aromatic carbocycles. The average molecular weight is 292 g/mol. The molecule has 6 nitrogen and oxygen atoms in total. The summed E-state index contributed by atoms with van der Waals surface area (Å²) in [5.41, 5.74) is 0. The molecule has 0 saturated carbocycles. The summed E-state index contributed by atoms with van der Waals surface area (Å²) in [6, 6.07) is 0. The van der Waals surface area contributed by atoms with E-state index in [1.54, 1.807) is 0 Å². The molecule has 0 saturated heterocycles. The normalized spacial score (nSPS) is 25.9. The third kappa shape index (κ3) is 2.33. The van der Waals surface area contributed by atoms with Crippen molar-refractivity contribution in [2.24, 2.45) is 0 Å². The number of ether oxygens (including phenoxy) is 1. The van der Waals surface area contributed by atoms with E-state index >= 15 is 0 Å². The highest BCUT2D eigenvalue weighted by molar-refractivity contribution is 6.61. The van der Waals surface area contributed by atoms with E-state index in [0.29, 0.717) is 0 Å². The smallest absolute Gasteiger partial charge is 0.377 e. The first-order valence-electron chi connectivity index (χ1n) is 5.90. The summed E-state index contributed by atoms with van der Waals surface area (Å²) in [7, 11) is -3.39. The number of rotatable bonds is 5. The molecule has 104 valence electrons. The highest BCUT2D eigenvalue weighted by atomic mass is 28.3.